The molecule has 8 nitrogen and oxygen atoms in total. The second-order valence-corrected chi connectivity index (χ2v) is 6.42. The van der Waals surface area contributed by atoms with E-state index in [0.717, 1.165) is 30.2 Å². The fourth-order valence-electron chi connectivity index (χ4n) is 3.34. The summed E-state index contributed by atoms with van der Waals surface area (Å²) in [5.41, 5.74) is 0.892. The number of hydrogen-bond donors (Lipinski definition) is 2. The number of aryl methyl sites for hydroxylation is 2. The molecule has 0 amide bonds. The van der Waals surface area contributed by atoms with Crippen LogP contribution in [0.2, 0.25) is 0 Å². The van der Waals surface area contributed by atoms with Crippen LogP contribution < -0.4 is 5.32 Å². The zero-order valence-electron chi connectivity index (χ0n) is 14.3. The molecule has 0 aromatic carbocycles. The third-order valence-corrected chi connectivity index (χ3v) is 4.49. The number of rotatable bonds is 6. The minimum Gasteiger partial charge on any atom is -0.393 e. The highest BCUT2D eigenvalue weighted by Crippen LogP contribution is 2.37. The molecule has 2 N–H and O–H groups in total. The Labute approximate surface area is 141 Å². The molecule has 1 saturated carbocycles. The minimum atomic E-state index is -0.347. The first-order chi connectivity index (χ1) is 11.6. The summed E-state index contributed by atoms with van der Waals surface area (Å²) in [7, 11) is 3.56. The number of hydrogen-bond acceptors (Lipinski definition) is 7. The molecule has 1 aliphatic carbocycles. The van der Waals surface area contributed by atoms with Crippen LogP contribution in [0.15, 0.2) is 12.4 Å². The Morgan fingerprint density at radius 1 is 1.38 bits per heavy atom. The number of anilines is 1. The lowest BCUT2D eigenvalue weighted by molar-refractivity contribution is 0.137. The number of aliphatic hydroxyl groups excluding tert-OH is 1. The molecular weight excluding hydrogens is 308 g/mol. The molecule has 0 radical (unpaired) electrons. The largest absolute Gasteiger partial charge is 0.393 e. The number of nitrogens with one attached hydrogen (secondary N) is 1. The van der Waals surface area contributed by atoms with Crippen LogP contribution >= 0.6 is 0 Å². The molecule has 1 aliphatic rings. The van der Waals surface area contributed by atoms with Crippen LogP contribution in [0.4, 0.5) is 5.82 Å². The van der Waals surface area contributed by atoms with Gasteiger partial charge in [0.2, 0.25) is 0 Å². The summed E-state index contributed by atoms with van der Waals surface area (Å²) in [6.07, 6.45) is 2.96. The van der Waals surface area contributed by atoms with Gasteiger partial charge in [0.1, 0.15) is 24.6 Å². The van der Waals surface area contributed by atoms with Crippen molar-refractivity contribution in [2.75, 3.05) is 19.0 Å². The van der Waals surface area contributed by atoms with Crippen molar-refractivity contribution in [2.24, 2.45) is 13.0 Å². The molecule has 3 atom stereocenters. The molecule has 0 bridgehead atoms. The van der Waals surface area contributed by atoms with Crippen molar-refractivity contribution in [2.45, 2.75) is 38.4 Å². The summed E-state index contributed by atoms with van der Waals surface area (Å²) in [6, 6.07) is 1.90. The van der Waals surface area contributed by atoms with Crippen molar-refractivity contribution in [1.29, 1.82) is 0 Å². The maximum Gasteiger partial charge on any atom is 0.156 e. The second-order valence-electron chi connectivity index (χ2n) is 6.42. The van der Waals surface area contributed by atoms with E-state index in [1.165, 1.54) is 0 Å². The number of aromatic nitrogens is 5. The Morgan fingerprint density at radius 3 is 2.92 bits per heavy atom. The number of ether oxygens (including phenoxy) is 1. The van der Waals surface area contributed by atoms with Crippen molar-refractivity contribution in [3.63, 3.8) is 0 Å². The van der Waals surface area contributed by atoms with Crippen LogP contribution in [0.25, 0.3) is 0 Å². The molecule has 3 rings (SSSR count). The fourth-order valence-corrected chi connectivity index (χ4v) is 3.34. The van der Waals surface area contributed by atoms with Crippen LogP contribution in [0.5, 0.6) is 0 Å². The highest BCUT2D eigenvalue weighted by atomic mass is 16.5. The van der Waals surface area contributed by atoms with Gasteiger partial charge in [-0.15, -0.1) is 10.2 Å². The standard InChI is InChI=1S/C16H24N6O2/c1-10-4-14(20-15(19-10)8-24-3)17-7-12-5-11(6-13(12)23)16-21-18-9-22(16)2/h4,9,11-13,23H,5-8H2,1-3H3,(H,17,19,20)/t11-,12+,13+/m0/s1. The zero-order chi connectivity index (χ0) is 17.1. The number of methoxy groups -OCH3 is 1. The van der Waals surface area contributed by atoms with Crippen molar-refractivity contribution < 1.29 is 9.84 Å². The molecule has 0 unspecified atom stereocenters. The first-order valence-electron chi connectivity index (χ1n) is 8.16. The highest BCUT2D eigenvalue weighted by Gasteiger charge is 2.35. The Balaban J connectivity index is 1.62. The molecule has 0 spiro atoms. The van der Waals surface area contributed by atoms with Crippen LogP contribution in [0.3, 0.4) is 0 Å². The lowest BCUT2D eigenvalue weighted by Crippen LogP contribution is -2.22. The van der Waals surface area contributed by atoms with Gasteiger partial charge in [0, 0.05) is 44.3 Å². The minimum absolute atomic E-state index is 0.160. The third kappa shape index (κ3) is 3.70. The molecule has 2 aromatic rings. The summed E-state index contributed by atoms with van der Waals surface area (Å²) >= 11 is 0. The lowest BCUT2D eigenvalue weighted by atomic mass is 10.0. The van der Waals surface area contributed by atoms with Crippen molar-refractivity contribution in [3.05, 3.63) is 29.7 Å². The normalized spacial score (nSPS) is 23.6. The molecule has 2 heterocycles. The molecule has 0 saturated heterocycles. The van der Waals surface area contributed by atoms with Gasteiger partial charge in [-0.1, -0.05) is 0 Å². The van der Waals surface area contributed by atoms with E-state index >= 15 is 0 Å². The predicted molar refractivity (Wildman–Crippen MR) is 88.4 cm³/mol. The third-order valence-electron chi connectivity index (χ3n) is 4.49. The maximum atomic E-state index is 10.4. The second kappa shape index (κ2) is 7.23. The van der Waals surface area contributed by atoms with Crippen molar-refractivity contribution >= 4 is 5.82 Å². The monoisotopic (exact) mass is 332 g/mol. The van der Waals surface area contributed by atoms with E-state index in [4.69, 9.17) is 4.74 Å². The summed E-state index contributed by atoms with van der Waals surface area (Å²) < 4.78 is 7.02. The SMILES string of the molecule is COCc1nc(C)cc(NC[C@H]2C[C@H](c3nncn3C)C[C@H]2O)n1. The van der Waals surface area contributed by atoms with Crippen LogP contribution in [0, 0.1) is 12.8 Å². The Morgan fingerprint density at radius 2 is 2.21 bits per heavy atom. The van der Waals surface area contributed by atoms with Crippen LogP contribution in [-0.2, 0) is 18.4 Å². The average molecular weight is 332 g/mol. The van der Waals surface area contributed by atoms with Gasteiger partial charge < -0.3 is 19.7 Å². The summed E-state index contributed by atoms with van der Waals surface area (Å²) in [5, 5.41) is 21.8. The first-order valence-corrected chi connectivity index (χ1v) is 8.16. The highest BCUT2D eigenvalue weighted by molar-refractivity contribution is 5.36. The molecular formula is C16H24N6O2. The fraction of sp³-hybridized carbons (Fsp3) is 0.625. The van der Waals surface area contributed by atoms with Crippen LogP contribution in [-0.4, -0.2) is 49.6 Å². The average Bonchev–Trinajstić information content (AvgIpc) is 3.11. The molecule has 24 heavy (non-hydrogen) atoms. The van der Waals surface area contributed by atoms with E-state index in [9.17, 15) is 5.11 Å². The molecule has 2 aromatic heterocycles. The molecule has 1 fully saturated rings. The first kappa shape index (κ1) is 16.8. The summed E-state index contributed by atoms with van der Waals surface area (Å²) in [4.78, 5) is 8.77. The van der Waals surface area contributed by atoms with E-state index in [-0.39, 0.29) is 17.9 Å². The molecule has 130 valence electrons. The van der Waals surface area contributed by atoms with Gasteiger partial charge in [0.15, 0.2) is 5.82 Å². The quantitative estimate of drug-likeness (QED) is 0.815. The van der Waals surface area contributed by atoms with Crippen molar-refractivity contribution in [1.82, 2.24) is 24.7 Å². The Bertz CT molecular complexity index is 689. The van der Waals surface area contributed by atoms with Crippen LogP contribution in [0.1, 0.15) is 36.1 Å². The number of aliphatic hydroxyl groups is 1. The van der Waals surface area contributed by atoms with E-state index in [0.29, 0.717) is 19.0 Å². The predicted octanol–water partition coefficient (Wildman–Crippen LogP) is 1.03. The Hall–Kier alpha value is -2.06. The van der Waals surface area contributed by atoms with Gasteiger partial charge in [-0.25, -0.2) is 9.97 Å². The van der Waals surface area contributed by atoms with E-state index in [1.807, 2.05) is 24.6 Å². The van der Waals surface area contributed by atoms with Gasteiger partial charge >= 0.3 is 0 Å². The molecule has 8 heteroatoms. The van der Waals surface area contributed by atoms with Gasteiger partial charge in [-0.05, 0) is 19.8 Å². The summed E-state index contributed by atoms with van der Waals surface area (Å²) in [5.74, 6) is 2.77. The van der Waals surface area contributed by atoms with Gasteiger partial charge in [-0.2, -0.15) is 0 Å². The van der Waals surface area contributed by atoms with Gasteiger partial charge in [-0.3, -0.25) is 0 Å². The summed E-state index contributed by atoms with van der Waals surface area (Å²) in [6.45, 7) is 2.98. The van der Waals surface area contributed by atoms with E-state index < -0.39 is 0 Å². The van der Waals surface area contributed by atoms with E-state index in [2.05, 4.69) is 25.5 Å². The smallest absolute Gasteiger partial charge is 0.156 e. The molecule has 0 aliphatic heterocycles. The maximum absolute atomic E-state index is 10.4. The van der Waals surface area contributed by atoms with Crippen molar-refractivity contribution in [3.8, 4) is 0 Å². The zero-order valence-corrected chi connectivity index (χ0v) is 14.3. The number of nitrogens with zero attached hydrogens (tertiary/aromatic N) is 5. The van der Waals surface area contributed by atoms with E-state index in [1.54, 1.807) is 13.4 Å². The van der Waals surface area contributed by atoms with Gasteiger partial charge in [0.05, 0.1) is 6.10 Å². The Kier molecular flexibility index (Phi) is 5.06. The topological polar surface area (TPSA) is 98.0 Å². The lowest BCUT2D eigenvalue weighted by Gasteiger charge is -2.16. The van der Waals surface area contributed by atoms with Gasteiger partial charge in [0.25, 0.3) is 0 Å².